The lowest BCUT2D eigenvalue weighted by atomic mass is 9.88. The fourth-order valence-corrected chi connectivity index (χ4v) is 3.21. The zero-order chi connectivity index (χ0) is 18.0. The first-order chi connectivity index (χ1) is 12.0. The molecule has 0 fully saturated rings. The van der Waals surface area contributed by atoms with Crippen LogP contribution in [-0.2, 0) is 11.2 Å². The molecule has 1 aliphatic rings. The topological polar surface area (TPSA) is 35.5 Å². The summed E-state index contributed by atoms with van der Waals surface area (Å²) in [5, 5.41) is 0.691. The van der Waals surface area contributed by atoms with Gasteiger partial charge in [-0.3, -0.25) is 4.79 Å². The van der Waals surface area contributed by atoms with Crippen molar-refractivity contribution in [1.29, 1.82) is 0 Å². The zero-order valence-electron chi connectivity index (χ0n) is 14.6. The van der Waals surface area contributed by atoms with Gasteiger partial charge in [0.2, 0.25) is 0 Å². The van der Waals surface area contributed by atoms with Crippen molar-refractivity contribution >= 4 is 17.4 Å². The monoisotopic (exact) mass is 356 g/mol. The third-order valence-corrected chi connectivity index (χ3v) is 4.44. The van der Waals surface area contributed by atoms with Gasteiger partial charge in [0.05, 0.1) is 13.2 Å². The molecule has 0 saturated heterocycles. The van der Waals surface area contributed by atoms with E-state index < -0.39 is 0 Å². The van der Waals surface area contributed by atoms with Gasteiger partial charge in [0.1, 0.15) is 0 Å². The van der Waals surface area contributed by atoms with Crippen molar-refractivity contribution in [3.8, 4) is 11.5 Å². The van der Waals surface area contributed by atoms with E-state index in [-0.39, 0.29) is 17.8 Å². The van der Waals surface area contributed by atoms with Crippen molar-refractivity contribution in [3.05, 3.63) is 70.3 Å². The largest absolute Gasteiger partial charge is 0.493 e. The van der Waals surface area contributed by atoms with Gasteiger partial charge in [-0.25, -0.2) is 0 Å². The van der Waals surface area contributed by atoms with Crippen LogP contribution in [0.4, 0.5) is 0 Å². The molecule has 1 atom stereocenters. The zero-order valence-corrected chi connectivity index (χ0v) is 15.3. The van der Waals surface area contributed by atoms with E-state index in [0.29, 0.717) is 22.9 Å². The molecule has 130 valence electrons. The number of allylic oxidation sites excluding steroid dienone is 2. The number of ketones is 1. The standard InChI is InChI=1S/C21H21ClO3/c1-13(2)25-21-12-19-15(11-20(21)24-3)10-17(23)8-9-18(19)14-4-6-16(22)7-5-14/h4-9,11-13,18H,10H2,1-3H3/t18-/m0/s1. The van der Waals surface area contributed by atoms with Crippen LogP contribution in [0.1, 0.15) is 36.5 Å². The van der Waals surface area contributed by atoms with Crippen molar-refractivity contribution in [2.75, 3.05) is 7.11 Å². The third kappa shape index (κ3) is 3.88. The Bertz CT molecular complexity index is 807. The van der Waals surface area contributed by atoms with Crippen LogP contribution in [-0.4, -0.2) is 19.0 Å². The molecular weight excluding hydrogens is 336 g/mol. The maximum absolute atomic E-state index is 12.2. The summed E-state index contributed by atoms with van der Waals surface area (Å²) >= 11 is 6.02. The van der Waals surface area contributed by atoms with E-state index >= 15 is 0 Å². The van der Waals surface area contributed by atoms with E-state index in [2.05, 4.69) is 0 Å². The molecule has 0 spiro atoms. The average molecular weight is 357 g/mol. The highest BCUT2D eigenvalue weighted by Crippen LogP contribution is 2.39. The van der Waals surface area contributed by atoms with Gasteiger partial charge in [0.15, 0.2) is 17.3 Å². The second-order valence-corrected chi connectivity index (χ2v) is 6.84. The quantitative estimate of drug-likeness (QED) is 0.777. The number of benzene rings is 2. The number of carbonyl (C=O) groups excluding carboxylic acids is 1. The predicted molar refractivity (Wildman–Crippen MR) is 99.9 cm³/mol. The number of hydrogen-bond acceptors (Lipinski definition) is 3. The Morgan fingerprint density at radius 2 is 1.84 bits per heavy atom. The normalized spacial score (nSPS) is 16.5. The number of fused-ring (bicyclic) bond motifs is 1. The lowest BCUT2D eigenvalue weighted by molar-refractivity contribution is -0.114. The SMILES string of the molecule is COc1cc2c(cc1OC(C)C)[C@H](c1ccc(Cl)cc1)C=CC(=O)C2. The highest BCUT2D eigenvalue weighted by molar-refractivity contribution is 6.30. The molecule has 2 aromatic carbocycles. The Morgan fingerprint density at radius 3 is 2.48 bits per heavy atom. The Hall–Kier alpha value is -2.26. The summed E-state index contributed by atoms with van der Waals surface area (Å²) in [4.78, 5) is 12.2. The Balaban J connectivity index is 2.14. The smallest absolute Gasteiger partial charge is 0.161 e. The van der Waals surface area contributed by atoms with Crippen LogP contribution in [0, 0.1) is 0 Å². The molecule has 0 aromatic heterocycles. The molecular formula is C21H21ClO3. The summed E-state index contributed by atoms with van der Waals surface area (Å²) in [6, 6.07) is 11.6. The summed E-state index contributed by atoms with van der Waals surface area (Å²) < 4.78 is 11.4. The molecule has 0 N–H and O–H groups in total. The van der Waals surface area contributed by atoms with Gasteiger partial charge in [-0.1, -0.05) is 29.8 Å². The molecule has 0 saturated carbocycles. The van der Waals surface area contributed by atoms with Crippen molar-refractivity contribution in [1.82, 2.24) is 0 Å². The summed E-state index contributed by atoms with van der Waals surface area (Å²) in [6.45, 7) is 3.95. The molecule has 0 radical (unpaired) electrons. The second kappa shape index (κ2) is 7.32. The number of ether oxygens (including phenoxy) is 2. The van der Waals surface area contributed by atoms with E-state index in [1.54, 1.807) is 13.2 Å². The van der Waals surface area contributed by atoms with Crippen LogP contribution in [0.5, 0.6) is 11.5 Å². The van der Waals surface area contributed by atoms with Crippen LogP contribution in [0.3, 0.4) is 0 Å². The van der Waals surface area contributed by atoms with Crippen LogP contribution in [0.25, 0.3) is 0 Å². The number of rotatable bonds is 4. The maximum Gasteiger partial charge on any atom is 0.161 e. The van der Waals surface area contributed by atoms with E-state index in [4.69, 9.17) is 21.1 Å². The van der Waals surface area contributed by atoms with Gasteiger partial charge >= 0.3 is 0 Å². The Morgan fingerprint density at radius 1 is 1.12 bits per heavy atom. The number of halogens is 1. The van der Waals surface area contributed by atoms with E-state index in [1.165, 1.54) is 0 Å². The van der Waals surface area contributed by atoms with Gasteiger partial charge in [-0.05, 0) is 60.9 Å². The lowest BCUT2D eigenvalue weighted by Gasteiger charge is -2.21. The molecule has 1 aliphatic carbocycles. The van der Waals surface area contributed by atoms with Crippen molar-refractivity contribution in [2.45, 2.75) is 32.3 Å². The van der Waals surface area contributed by atoms with Crippen LogP contribution >= 0.6 is 11.6 Å². The maximum atomic E-state index is 12.2. The van der Waals surface area contributed by atoms with E-state index in [0.717, 1.165) is 16.7 Å². The van der Waals surface area contributed by atoms with Crippen LogP contribution in [0.2, 0.25) is 5.02 Å². The number of carbonyl (C=O) groups is 1. The molecule has 3 rings (SSSR count). The third-order valence-electron chi connectivity index (χ3n) is 4.19. The molecule has 2 aromatic rings. The molecule has 0 amide bonds. The van der Waals surface area contributed by atoms with Gasteiger partial charge < -0.3 is 9.47 Å². The minimum atomic E-state index is -0.0286. The second-order valence-electron chi connectivity index (χ2n) is 6.40. The minimum absolute atomic E-state index is 0.0286. The van der Waals surface area contributed by atoms with Gasteiger partial charge in [0, 0.05) is 17.4 Å². The number of methoxy groups -OCH3 is 1. The van der Waals surface area contributed by atoms with E-state index in [1.807, 2.05) is 56.3 Å². The fraction of sp³-hybridized carbons (Fsp3) is 0.286. The Kier molecular flexibility index (Phi) is 5.14. The summed E-state index contributed by atoms with van der Waals surface area (Å²) in [5.74, 6) is 1.39. The molecule has 0 unspecified atom stereocenters. The van der Waals surface area contributed by atoms with Gasteiger partial charge in [-0.2, -0.15) is 0 Å². The predicted octanol–water partition coefficient (Wildman–Crippen LogP) is 4.95. The molecule has 0 heterocycles. The highest BCUT2D eigenvalue weighted by Gasteiger charge is 2.23. The average Bonchev–Trinajstić information content (AvgIpc) is 2.73. The van der Waals surface area contributed by atoms with Crippen molar-refractivity contribution in [3.63, 3.8) is 0 Å². The highest BCUT2D eigenvalue weighted by atomic mass is 35.5. The van der Waals surface area contributed by atoms with Gasteiger partial charge in [-0.15, -0.1) is 0 Å². The number of hydrogen-bond donors (Lipinski definition) is 0. The molecule has 4 heteroatoms. The minimum Gasteiger partial charge on any atom is -0.493 e. The molecule has 0 bridgehead atoms. The van der Waals surface area contributed by atoms with Crippen molar-refractivity contribution in [2.24, 2.45) is 0 Å². The molecule has 0 aliphatic heterocycles. The fourth-order valence-electron chi connectivity index (χ4n) is 3.08. The molecule has 3 nitrogen and oxygen atoms in total. The summed E-state index contributed by atoms with van der Waals surface area (Å²) in [6.07, 6.45) is 4.00. The first-order valence-corrected chi connectivity index (χ1v) is 8.69. The van der Waals surface area contributed by atoms with Crippen LogP contribution < -0.4 is 9.47 Å². The summed E-state index contributed by atoms with van der Waals surface area (Å²) in [5.41, 5.74) is 3.10. The van der Waals surface area contributed by atoms with Gasteiger partial charge in [0.25, 0.3) is 0 Å². The van der Waals surface area contributed by atoms with Crippen molar-refractivity contribution < 1.29 is 14.3 Å². The first-order valence-electron chi connectivity index (χ1n) is 8.32. The summed E-state index contributed by atoms with van der Waals surface area (Å²) in [7, 11) is 1.61. The lowest BCUT2D eigenvalue weighted by Crippen LogP contribution is -2.09. The first kappa shape index (κ1) is 17.6. The molecule has 25 heavy (non-hydrogen) atoms. The van der Waals surface area contributed by atoms with Crippen LogP contribution in [0.15, 0.2) is 48.6 Å². The van der Waals surface area contributed by atoms with E-state index in [9.17, 15) is 4.79 Å². The Labute approximate surface area is 153 Å².